The topological polar surface area (TPSA) is 69.6 Å². The minimum Gasteiger partial charge on any atom is -0.480 e. The van der Waals surface area contributed by atoms with E-state index in [0.29, 0.717) is 6.42 Å². The van der Waals surface area contributed by atoms with Crippen LogP contribution in [0.2, 0.25) is 0 Å². The molecule has 2 N–H and O–H groups in total. The second-order valence-electron chi connectivity index (χ2n) is 5.85. The Kier molecular flexibility index (Phi) is 5.55. The smallest absolute Gasteiger partial charge is 0.326 e. The van der Waals surface area contributed by atoms with Crippen LogP contribution in [0.1, 0.15) is 37.8 Å². The maximum atomic E-state index is 12.3. The average Bonchev–Trinajstić information content (AvgIpc) is 2.53. The van der Waals surface area contributed by atoms with Crippen LogP contribution < -0.4 is 5.32 Å². The standard InChI is InChI=1S/C17H24N2O3/c1-3-6-15(17(21)22)18-16(20)12(2)19-10-9-13-7-4-5-8-14(13)11-19/h4-5,7-8,12,15H,3,6,9-11H2,1-2H3,(H,18,20)(H,21,22). The van der Waals surface area contributed by atoms with Gasteiger partial charge in [-0.2, -0.15) is 0 Å². The quantitative estimate of drug-likeness (QED) is 0.841. The largest absolute Gasteiger partial charge is 0.480 e. The summed E-state index contributed by atoms with van der Waals surface area (Å²) < 4.78 is 0. The fourth-order valence-corrected chi connectivity index (χ4v) is 2.85. The second-order valence-corrected chi connectivity index (χ2v) is 5.85. The fraction of sp³-hybridized carbons (Fsp3) is 0.529. The number of fused-ring (bicyclic) bond motifs is 1. The number of hydrogen-bond acceptors (Lipinski definition) is 3. The van der Waals surface area contributed by atoms with E-state index in [1.165, 1.54) is 11.1 Å². The highest BCUT2D eigenvalue weighted by molar-refractivity contribution is 5.86. The van der Waals surface area contributed by atoms with Gasteiger partial charge in [-0.15, -0.1) is 0 Å². The lowest BCUT2D eigenvalue weighted by atomic mass is 9.98. The van der Waals surface area contributed by atoms with Crippen molar-refractivity contribution in [2.24, 2.45) is 0 Å². The molecule has 1 aliphatic heterocycles. The molecule has 0 spiro atoms. The summed E-state index contributed by atoms with van der Waals surface area (Å²) in [5.41, 5.74) is 2.58. The highest BCUT2D eigenvalue weighted by atomic mass is 16.4. The predicted molar refractivity (Wildman–Crippen MR) is 84.5 cm³/mol. The Labute approximate surface area is 131 Å². The molecule has 1 heterocycles. The van der Waals surface area contributed by atoms with Crippen molar-refractivity contribution in [1.82, 2.24) is 10.2 Å². The van der Waals surface area contributed by atoms with E-state index < -0.39 is 12.0 Å². The Bertz CT molecular complexity index is 544. The molecule has 1 aromatic rings. The van der Waals surface area contributed by atoms with Gasteiger partial charge in [-0.05, 0) is 30.9 Å². The van der Waals surface area contributed by atoms with Crippen molar-refractivity contribution < 1.29 is 14.7 Å². The molecule has 0 radical (unpaired) electrons. The molecule has 2 atom stereocenters. The number of rotatable bonds is 6. The zero-order valence-corrected chi connectivity index (χ0v) is 13.2. The normalized spacial score (nSPS) is 17.4. The minimum absolute atomic E-state index is 0.208. The molecule has 5 heteroatoms. The van der Waals surface area contributed by atoms with Gasteiger partial charge in [0.1, 0.15) is 6.04 Å². The number of nitrogens with zero attached hydrogens (tertiary/aromatic N) is 1. The molecular weight excluding hydrogens is 280 g/mol. The van der Waals surface area contributed by atoms with Gasteiger partial charge in [-0.1, -0.05) is 37.6 Å². The van der Waals surface area contributed by atoms with Crippen molar-refractivity contribution in [2.45, 2.75) is 51.7 Å². The summed E-state index contributed by atoms with van der Waals surface area (Å²) in [5, 5.41) is 11.8. The first-order valence-electron chi connectivity index (χ1n) is 7.87. The lowest BCUT2D eigenvalue weighted by Crippen LogP contribution is -2.51. The molecule has 0 fully saturated rings. The molecule has 0 bridgehead atoms. The second kappa shape index (κ2) is 7.40. The summed E-state index contributed by atoms with van der Waals surface area (Å²) in [6.07, 6.45) is 2.10. The third-order valence-electron chi connectivity index (χ3n) is 4.28. The van der Waals surface area contributed by atoms with Crippen LogP contribution in [0.25, 0.3) is 0 Å². The van der Waals surface area contributed by atoms with Gasteiger partial charge in [0, 0.05) is 13.1 Å². The van der Waals surface area contributed by atoms with E-state index in [-0.39, 0.29) is 11.9 Å². The Morgan fingerprint density at radius 3 is 2.64 bits per heavy atom. The summed E-state index contributed by atoms with van der Waals surface area (Å²) in [4.78, 5) is 25.6. The zero-order valence-electron chi connectivity index (χ0n) is 13.2. The Hall–Kier alpha value is -1.88. The predicted octanol–water partition coefficient (Wildman–Crippen LogP) is 1.80. The van der Waals surface area contributed by atoms with Gasteiger partial charge < -0.3 is 10.4 Å². The van der Waals surface area contributed by atoms with Crippen molar-refractivity contribution in [3.8, 4) is 0 Å². The number of hydrogen-bond donors (Lipinski definition) is 2. The molecule has 5 nitrogen and oxygen atoms in total. The summed E-state index contributed by atoms with van der Waals surface area (Å²) in [6.45, 7) is 5.30. The maximum Gasteiger partial charge on any atom is 0.326 e. The van der Waals surface area contributed by atoms with Crippen LogP contribution >= 0.6 is 0 Å². The number of carbonyl (C=O) groups excluding carboxylic acids is 1. The van der Waals surface area contributed by atoms with Gasteiger partial charge in [-0.3, -0.25) is 9.69 Å². The van der Waals surface area contributed by atoms with Crippen molar-refractivity contribution in [3.05, 3.63) is 35.4 Å². The van der Waals surface area contributed by atoms with Crippen LogP contribution in [-0.2, 0) is 22.6 Å². The first-order valence-corrected chi connectivity index (χ1v) is 7.87. The van der Waals surface area contributed by atoms with E-state index in [1.807, 2.05) is 26.0 Å². The number of amides is 1. The van der Waals surface area contributed by atoms with E-state index in [2.05, 4.69) is 22.3 Å². The highest BCUT2D eigenvalue weighted by Gasteiger charge is 2.28. The van der Waals surface area contributed by atoms with E-state index in [0.717, 1.165) is 25.9 Å². The summed E-state index contributed by atoms with van der Waals surface area (Å²) >= 11 is 0. The number of carboxylic acids is 1. The van der Waals surface area contributed by atoms with Crippen LogP contribution in [-0.4, -0.2) is 40.5 Å². The van der Waals surface area contributed by atoms with Crippen LogP contribution in [0.4, 0.5) is 0 Å². The van der Waals surface area contributed by atoms with E-state index >= 15 is 0 Å². The van der Waals surface area contributed by atoms with Gasteiger partial charge in [0.15, 0.2) is 0 Å². The number of nitrogens with one attached hydrogen (secondary N) is 1. The molecule has 1 amide bonds. The van der Waals surface area contributed by atoms with Crippen molar-refractivity contribution in [2.75, 3.05) is 6.54 Å². The number of carboxylic acid groups (broad SMARTS) is 1. The minimum atomic E-state index is -0.966. The third kappa shape index (κ3) is 3.85. The van der Waals surface area contributed by atoms with Crippen LogP contribution in [0.5, 0.6) is 0 Å². The van der Waals surface area contributed by atoms with E-state index in [4.69, 9.17) is 5.11 Å². The Balaban J connectivity index is 1.98. The summed E-state index contributed by atoms with van der Waals surface area (Å²) in [5.74, 6) is -1.17. The van der Waals surface area contributed by atoms with Crippen molar-refractivity contribution in [3.63, 3.8) is 0 Å². The molecular formula is C17H24N2O3. The van der Waals surface area contributed by atoms with Crippen LogP contribution in [0.15, 0.2) is 24.3 Å². The Morgan fingerprint density at radius 1 is 1.32 bits per heavy atom. The molecule has 22 heavy (non-hydrogen) atoms. The zero-order chi connectivity index (χ0) is 16.1. The van der Waals surface area contributed by atoms with Gasteiger partial charge in [0.2, 0.25) is 5.91 Å². The first-order chi connectivity index (χ1) is 10.5. The molecule has 0 saturated heterocycles. The summed E-state index contributed by atoms with van der Waals surface area (Å²) in [6, 6.07) is 7.13. The number of aliphatic carboxylic acids is 1. The SMILES string of the molecule is CCCC(NC(=O)C(C)N1CCc2ccccc2C1)C(=O)O. The molecule has 120 valence electrons. The molecule has 1 aromatic carbocycles. The molecule has 2 unspecified atom stereocenters. The van der Waals surface area contributed by atoms with Gasteiger partial charge in [0.25, 0.3) is 0 Å². The van der Waals surface area contributed by atoms with Crippen LogP contribution in [0.3, 0.4) is 0 Å². The van der Waals surface area contributed by atoms with E-state index in [9.17, 15) is 9.59 Å². The van der Waals surface area contributed by atoms with Crippen LogP contribution in [0, 0.1) is 0 Å². The van der Waals surface area contributed by atoms with Gasteiger partial charge >= 0.3 is 5.97 Å². The number of benzene rings is 1. The van der Waals surface area contributed by atoms with Gasteiger partial charge in [-0.25, -0.2) is 4.79 Å². The molecule has 2 rings (SSSR count). The van der Waals surface area contributed by atoms with E-state index in [1.54, 1.807) is 0 Å². The number of carbonyl (C=O) groups is 2. The monoisotopic (exact) mass is 304 g/mol. The molecule has 1 aliphatic rings. The third-order valence-corrected chi connectivity index (χ3v) is 4.28. The summed E-state index contributed by atoms with van der Waals surface area (Å²) in [7, 11) is 0. The van der Waals surface area contributed by atoms with Crippen molar-refractivity contribution in [1.29, 1.82) is 0 Å². The molecule has 0 aromatic heterocycles. The molecule has 0 saturated carbocycles. The lowest BCUT2D eigenvalue weighted by molar-refractivity contribution is -0.142. The molecule has 0 aliphatic carbocycles. The average molecular weight is 304 g/mol. The Morgan fingerprint density at radius 2 is 2.00 bits per heavy atom. The lowest BCUT2D eigenvalue weighted by Gasteiger charge is -2.33. The fourth-order valence-electron chi connectivity index (χ4n) is 2.85. The maximum absolute atomic E-state index is 12.3. The van der Waals surface area contributed by atoms with Gasteiger partial charge in [0.05, 0.1) is 6.04 Å². The van der Waals surface area contributed by atoms with Crippen molar-refractivity contribution >= 4 is 11.9 Å². The highest BCUT2D eigenvalue weighted by Crippen LogP contribution is 2.20. The first kappa shape index (κ1) is 16.5.